The minimum absolute atomic E-state index is 0.174. The SMILES string of the molecule is Cc1c(-c2nc3ccccc3[nH]2)c(=O)[nH]c2ccc(C(=O)O)cc12. The molecule has 24 heavy (non-hydrogen) atoms. The molecule has 2 aromatic carbocycles. The van der Waals surface area contributed by atoms with Gasteiger partial charge in [0.05, 0.1) is 22.2 Å². The normalized spacial score (nSPS) is 11.2. The van der Waals surface area contributed by atoms with Crippen molar-refractivity contribution in [1.29, 1.82) is 0 Å². The van der Waals surface area contributed by atoms with Crippen LogP contribution in [0.25, 0.3) is 33.3 Å². The molecule has 4 rings (SSSR count). The van der Waals surface area contributed by atoms with Gasteiger partial charge in [-0.1, -0.05) is 12.1 Å². The van der Waals surface area contributed by atoms with Crippen LogP contribution in [0.4, 0.5) is 0 Å². The van der Waals surface area contributed by atoms with E-state index in [4.69, 9.17) is 0 Å². The van der Waals surface area contributed by atoms with Gasteiger partial charge < -0.3 is 15.1 Å². The number of hydrogen-bond donors (Lipinski definition) is 3. The molecule has 0 aliphatic rings. The molecular formula is C18H13N3O3. The first-order chi connectivity index (χ1) is 11.5. The van der Waals surface area contributed by atoms with Crippen LogP contribution in [0.15, 0.2) is 47.3 Å². The van der Waals surface area contributed by atoms with Crippen molar-refractivity contribution >= 4 is 27.9 Å². The number of aryl methyl sites for hydroxylation is 1. The van der Waals surface area contributed by atoms with E-state index < -0.39 is 5.97 Å². The second kappa shape index (κ2) is 5.06. The highest BCUT2D eigenvalue weighted by molar-refractivity contribution is 5.96. The highest BCUT2D eigenvalue weighted by Crippen LogP contribution is 2.26. The van der Waals surface area contributed by atoms with Crippen molar-refractivity contribution < 1.29 is 9.90 Å². The number of imidazole rings is 1. The summed E-state index contributed by atoms with van der Waals surface area (Å²) in [4.78, 5) is 34.1. The van der Waals surface area contributed by atoms with Gasteiger partial charge in [-0.15, -0.1) is 0 Å². The van der Waals surface area contributed by atoms with E-state index in [0.717, 1.165) is 11.0 Å². The summed E-state index contributed by atoms with van der Waals surface area (Å²) >= 11 is 0. The van der Waals surface area contributed by atoms with Crippen LogP contribution in [0.3, 0.4) is 0 Å². The molecule has 0 amide bonds. The van der Waals surface area contributed by atoms with E-state index in [1.807, 2.05) is 24.3 Å². The fraction of sp³-hybridized carbons (Fsp3) is 0.0556. The average molecular weight is 319 g/mol. The number of hydrogen-bond acceptors (Lipinski definition) is 3. The molecule has 0 spiro atoms. The van der Waals surface area contributed by atoms with Crippen LogP contribution < -0.4 is 5.56 Å². The number of nitrogens with zero attached hydrogens (tertiary/aromatic N) is 1. The molecule has 2 heterocycles. The van der Waals surface area contributed by atoms with Gasteiger partial charge in [0.2, 0.25) is 0 Å². The van der Waals surface area contributed by atoms with Crippen LogP contribution in [0.1, 0.15) is 15.9 Å². The van der Waals surface area contributed by atoms with Crippen molar-refractivity contribution in [1.82, 2.24) is 15.0 Å². The van der Waals surface area contributed by atoms with Crippen molar-refractivity contribution in [2.24, 2.45) is 0 Å². The molecule has 0 bridgehead atoms. The third-order valence-electron chi connectivity index (χ3n) is 4.15. The minimum atomic E-state index is -1.01. The van der Waals surface area contributed by atoms with E-state index in [1.165, 1.54) is 6.07 Å². The Balaban J connectivity index is 2.03. The number of fused-ring (bicyclic) bond motifs is 2. The molecule has 4 aromatic rings. The zero-order valence-corrected chi connectivity index (χ0v) is 12.8. The van der Waals surface area contributed by atoms with Gasteiger partial charge in [0.25, 0.3) is 5.56 Å². The Hall–Kier alpha value is -3.41. The lowest BCUT2D eigenvalue weighted by molar-refractivity contribution is 0.0697. The van der Waals surface area contributed by atoms with E-state index in [-0.39, 0.29) is 11.1 Å². The Morgan fingerprint density at radius 1 is 1.08 bits per heavy atom. The number of pyridine rings is 1. The number of carboxylic acids is 1. The van der Waals surface area contributed by atoms with Crippen molar-refractivity contribution in [3.05, 3.63) is 63.9 Å². The minimum Gasteiger partial charge on any atom is -0.478 e. The van der Waals surface area contributed by atoms with Crippen LogP contribution in [0, 0.1) is 6.92 Å². The molecule has 6 nitrogen and oxygen atoms in total. The first-order valence-electron chi connectivity index (χ1n) is 7.39. The summed E-state index contributed by atoms with van der Waals surface area (Å²) in [6, 6.07) is 12.2. The number of para-hydroxylation sites is 2. The molecule has 0 fully saturated rings. The van der Waals surface area contributed by atoms with Crippen molar-refractivity contribution in [3.63, 3.8) is 0 Å². The summed E-state index contributed by atoms with van der Waals surface area (Å²) in [7, 11) is 0. The molecule has 6 heteroatoms. The molecule has 0 aliphatic carbocycles. The quantitative estimate of drug-likeness (QED) is 0.528. The Labute approximate surface area is 135 Å². The Morgan fingerprint density at radius 2 is 1.88 bits per heavy atom. The molecule has 118 valence electrons. The molecule has 0 saturated carbocycles. The van der Waals surface area contributed by atoms with E-state index >= 15 is 0 Å². The summed E-state index contributed by atoms with van der Waals surface area (Å²) in [6.45, 7) is 1.80. The molecule has 0 radical (unpaired) electrons. The first kappa shape index (κ1) is 14.2. The van der Waals surface area contributed by atoms with Gasteiger partial charge in [0.15, 0.2) is 0 Å². The summed E-state index contributed by atoms with van der Waals surface area (Å²) in [5, 5.41) is 9.87. The van der Waals surface area contributed by atoms with Crippen LogP contribution in [0.5, 0.6) is 0 Å². The highest BCUT2D eigenvalue weighted by Gasteiger charge is 2.16. The number of nitrogens with one attached hydrogen (secondary N) is 2. The van der Waals surface area contributed by atoms with Crippen molar-refractivity contribution in [3.8, 4) is 11.4 Å². The summed E-state index contributed by atoms with van der Waals surface area (Å²) in [5.41, 5.74) is 3.23. The fourth-order valence-electron chi connectivity index (χ4n) is 2.94. The lowest BCUT2D eigenvalue weighted by Crippen LogP contribution is -2.12. The third kappa shape index (κ3) is 2.08. The Kier molecular flexibility index (Phi) is 2.99. The molecule has 0 aliphatic heterocycles. The average Bonchev–Trinajstić information content (AvgIpc) is 2.97. The molecule has 0 saturated heterocycles. The number of carbonyl (C=O) groups is 1. The lowest BCUT2D eigenvalue weighted by Gasteiger charge is -2.07. The van der Waals surface area contributed by atoms with E-state index in [9.17, 15) is 14.7 Å². The standard InChI is InChI=1S/C18H13N3O3/c1-9-11-8-10(18(23)24)6-7-12(11)21-17(22)15(9)16-19-13-4-2-3-5-14(13)20-16/h2-8H,1H3,(H,19,20)(H,21,22)(H,23,24). The second-order valence-corrected chi connectivity index (χ2v) is 5.62. The zero-order chi connectivity index (χ0) is 16.8. The predicted molar refractivity (Wildman–Crippen MR) is 91.4 cm³/mol. The van der Waals surface area contributed by atoms with Crippen molar-refractivity contribution in [2.75, 3.05) is 0 Å². The van der Waals surface area contributed by atoms with Crippen molar-refractivity contribution in [2.45, 2.75) is 6.92 Å². The summed E-state index contributed by atoms with van der Waals surface area (Å²) < 4.78 is 0. The molecule has 2 aromatic heterocycles. The van der Waals surface area contributed by atoms with Gasteiger partial charge in [-0.05, 0) is 42.8 Å². The van der Waals surface area contributed by atoms with Crippen LogP contribution in [-0.2, 0) is 0 Å². The van der Waals surface area contributed by atoms with Gasteiger partial charge in [0.1, 0.15) is 5.82 Å². The predicted octanol–water partition coefficient (Wildman–Crippen LogP) is 3.08. The van der Waals surface area contributed by atoms with Gasteiger partial charge in [0, 0.05) is 10.9 Å². The van der Waals surface area contributed by atoms with Gasteiger partial charge in [-0.25, -0.2) is 9.78 Å². The van der Waals surface area contributed by atoms with E-state index in [0.29, 0.717) is 27.9 Å². The smallest absolute Gasteiger partial charge is 0.335 e. The number of aromatic nitrogens is 3. The van der Waals surface area contributed by atoms with Gasteiger partial charge in [-0.3, -0.25) is 4.79 Å². The maximum Gasteiger partial charge on any atom is 0.335 e. The fourth-order valence-corrected chi connectivity index (χ4v) is 2.94. The highest BCUT2D eigenvalue weighted by atomic mass is 16.4. The van der Waals surface area contributed by atoms with E-state index in [2.05, 4.69) is 15.0 Å². The molecule has 0 atom stereocenters. The maximum absolute atomic E-state index is 12.5. The topological polar surface area (TPSA) is 98.8 Å². The second-order valence-electron chi connectivity index (χ2n) is 5.62. The number of rotatable bonds is 2. The lowest BCUT2D eigenvalue weighted by atomic mass is 10.0. The number of benzene rings is 2. The van der Waals surface area contributed by atoms with Crippen LogP contribution >= 0.6 is 0 Å². The number of H-pyrrole nitrogens is 2. The maximum atomic E-state index is 12.5. The van der Waals surface area contributed by atoms with E-state index in [1.54, 1.807) is 19.1 Å². The van der Waals surface area contributed by atoms with Crippen LogP contribution in [-0.4, -0.2) is 26.0 Å². The summed E-state index contributed by atoms with van der Waals surface area (Å²) in [5.74, 6) is -0.537. The zero-order valence-electron chi connectivity index (χ0n) is 12.8. The Bertz CT molecular complexity index is 1140. The molecule has 0 unspecified atom stereocenters. The molecule has 3 N–H and O–H groups in total. The number of aromatic carboxylic acids is 1. The first-order valence-corrected chi connectivity index (χ1v) is 7.39. The molecular weight excluding hydrogens is 306 g/mol. The number of aromatic amines is 2. The van der Waals surface area contributed by atoms with Gasteiger partial charge >= 0.3 is 5.97 Å². The number of carboxylic acid groups (broad SMARTS) is 1. The summed E-state index contributed by atoms with van der Waals surface area (Å²) in [6.07, 6.45) is 0. The monoisotopic (exact) mass is 319 g/mol. The third-order valence-corrected chi connectivity index (χ3v) is 4.15. The Morgan fingerprint density at radius 3 is 2.62 bits per heavy atom. The largest absolute Gasteiger partial charge is 0.478 e. The van der Waals surface area contributed by atoms with Gasteiger partial charge in [-0.2, -0.15) is 0 Å². The van der Waals surface area contributed by atoms with Crippen LogP contribution in [0.2, 0.25) is 0 Å².